The molecule has 1 amide bonds. The van der Waals surface area contributed by atoms with Crippen LogP contribution in [0.3, 0.4) is 0 Å². The Kier molecular flexibility index (Phi) is 4.71. The van der Waals surface area contributed by atoms with Gasteiger partial charge in [-0.15, -0.1) is 0 Å². The maximum atomic E-state index is 12.3. The molecule has 2 aromatic heterocycles. The number of pyridine rings is 2. The lowest BCUT2D eigenvalue weighted by Gasteiger charge is -2.08. The first-order valence-corrected chi connectivity index (χ1v) is 8.79. The van der Waals surface area contributed by atoms with Crippen molar-refractivity contribution in [3.63, 3.8) is 0 Å². The molecule has 0 bridgehead atoms. The van der Waals surface area contributed by atoms with Crippen molar-refractivity contribution in [1.82, 2.24) is 9.97 Å². The van der Waals surface area contributed by atoms with Crippen LogP contribution in [-0.4, -0.2) is 24.3 Å². The van der Waals surface area contributed by atoms with Gasteiger partial charge in [0, 0.05) is 18.1 Å². The van der Waals surface area contributed by atoms with Crippen molar-refractivity contribution in [2.24, 2.45) is 0 Å². The molecule has 3 rings (SSSR count). The molecular formula is C17H14N4O3S. The molecule has 0 aliphatic heterocycles. The zero-order chi connectivity index (χ0) is 17.7. The smallest absolute Gasteiger partial charge is 0.274 e. The van der Waals surface area contributed by atoms with Gasteiger partial charge < -0.3 is 5.32 Å². The van der Waals surface area contributed by atoms with E-state index >= 15 is 0 Å². The molecule has 3 aromatic rings. The van der Waals surface area contributed by atoms with Gasteiger partial charge in [0.15, 0.2) is 0 Å². The number of anilines is 2. The average Bonchev–Trinajstić information content (AvgIpc) is 2.63. The summed E-state index contributed by atoms with van der Waals surface area (Å²) >= 11 is 0. The summed E-state index contributed by atoms with van der Waals surface area (Å²) in [6, 6.07) is 15.8. The zero-order valence-electron chi connectivity index (χ0n) is 13.0. The molecule has 0 radical (unpaired) electrons. The number of sulfonamides is 1. The van der Waals surface area contributed by atoms with E-state index in [9.17, 15) is 13.2 Å². The minimum atomic E-state index is -3.75. The third kappa shape index (κ3) is 4.18. The van der Waals surface area contributed by atoms with Gasteiger partial charge in [0.05, 0.1) is 4.90 Å². The van der Waals surface area contributed by atoms with E-state index < -0.39 is 10.0 Å². The molecule has 126 valence electrons. The van der Waals surface area contributed by atoms with Crippen molar-refractivity contribution in [3.05, 3.63) is 78.8 Å². The highest BCUT2D eigenvalue weighted by Gasteiger charge is 2.15. The zero-order valence-corrected chi connectivity index (χ0v) is 13.8. The molecule has 2 N–H and O–H groups in total. The number of benzene rings is 1. The van der Waals surface area contributed by atoms with E-state index in [0.717, 1.165) is 0 Å². The molecular weight excluding hydrogens is 340 g/mol. The first kappa shape index (κ1) is 16.6. The van der Waals surface area contributed by atoms with Crippen LogP contribution in [-0.2, 0) is 10.0 Å². The largest absolute Gasteiger partial charge is 0.321 e. The Morgan fingerprint density at radius 1 is 0.840 bits per heavy atom. The maximum Gasteiger partial charge on any atom is 0.274 e. The standard InChI is InChI=1S/C17H14N4O3S/c22-17(15-5-1-3-11-18-15)20-13-7-9-14(10-8-13)25(23,24)21-16-6-2-4-12-19-16/h1-12H,(H,19,21)(H,20,22). The van der Waals surface area contributed by atoms with E-state index in [-0.39, 0.29) is 22.3 Å². The number of carbonyl (C=O) groups excluding carboxylic acids is 1. The van der Waals surface area contributed by atoms with E-state index in [1.807, 2.05) is 0 Å². The number of hydrogen-bond donors (Lipinski definition) is 2. The number of nitrogens with one attached hydrogen (secondary N) is 2. The van der Waals surface area contributed by atoms with Crippen LogP contribution in [0, 0.1) is 0 Å². The number of rotatable bonds is 5. The van der Waals surface area contributed by atoms with E-state index in [1.54, 1.807) is 36.4 Å². The van der Waals surface area contributed by atoms with Crippen molar-refractivity contribution >= 4 is 27.4 Å². The molecule has 8 heteroatoms. The Morgan fingerprint density at radius 3 is 2.12 bits per heavy atom. The highest BCUT2D eigenvalue weighted by Crippen LogP contribution is 2.17. The lowest BCUT2D eigenvalue weighted by molar-refractivity contribution is 0.102. The summed E-state index contributed by atoms with van der Waals surface area (Å²) in [5.74, 6) is -0.141. The molecule has 25 heavy (non-hydrogen) atoms. The van der Waals surface area contributed by atoms with Crippen molar-refractivity contribution in [3.8, 4) is 0 Å². The number of amides is 1. The van der Waals surface area contributed by atoms with Crippen molar-refractivity contribution in [2.45, 2.75) is 4.90 Å². The number of carbonyl (C=O) groups is 1. The highest BCUT2D eigenvalue weighted by molar-refractivity contribution is 7.92. The summed E-state index contributed by atoms with van der Waals surface area (Å²) in [5, 5.41) is 2.66. The third-order valence-electron chi connectivity index (χ3n) is 3.22. The van der Waals surface area contributed by atoms with Crippen LogP contribution in [0.1, 0.15) is 10.5 Å². The number of nitrogens with zero attached hydrogens (tertiary/aromatic N) is 2. The molecule has 0 saturated heterocycles. The molecule has 0 saturated carbocycles. The number of aromatic nitrogens is 2. The van der Waals surface area contributed by atoms with E-state index in [0.29, 0.717) is 5.69 Å². The Labute approximate surface area is 144 Å². The van der Waals surface area contributed by atoms with Gasteiger partial charge in [0.1, 0.15) is 11.5 Å². The summed E-state index contributed by atoms with van der Waals surface area (Å²) in [5.41, 5.74) is 0.739. The molecule has 0 unspecified atom stereocenters. The van der Waals surface area contributed by atoms with Gasteiger partial charge in [0.2, 0.25) is 0 Å². The summed E-state index contributed by atoms with van der Waals surface area (Å²) in [6.45, 7) is 0. The van der Waals surface area contributed by atoms with E-state index in [2.05, 4.69) is 20.0 Å². The molecule has 0 atom stereocenters. The average molecular weight is 354 g/mol. The first-order valence-electron chi connectivity index (χ1n) is 7.31. The molecule has 2 heterocycles. The minimum absolute atomic E-state index is 0.0639. The summed E-state index contributed by atoms with van der Waals surface area (Å²) in [6.07, 6.45) is 3.02. The second-order valence-electron chi connectivity index (χ2n) is 5.01. The fraction of sp³-hybridized carbons (Fsp3) is 0. The van der Waals surface area contributed by atoms with Crippen LogP contribution in [0.5, 0.6) is 0 Å². The van der Waals surface area contributed by atoms with Crippen molar-refractivity contribution in [2.75, 3.05) is 10.0 Å². The number of hydrogen-bond acceptors (Lipinski definition) is 5. The SMILES string of the molecule is O=C(Nc1ccc(S(=O)(=O)Nc2ccccn2)cc1)c1ccccn1. The normalized spacial score (nSPS) is 10.9. The van der Waals surface area contributed by atoms with Gasteiger partial charge in [-0.25, -0.2) is 13.4 Å². The molecule has 0 aliphatic rings. The summed E-state index contributed by atoms with van der Waals surface area (Å²) in [7, 11) is -3.75. The molecule has 0 fully saturated rings. The predicted octanol–water partition coefficient (Wildman–Crippen LogP) is 2.53. The fourth-order valence-electron chi connectivity index (χ4n) is 2.03. The monoisotopic (exact) mass is 354 g/mol. The predicted molar refractivity (Wildman–Crippen MR) is 93.7 cm³/mol. The second kappa shape index (κ2) is 7.10. The quantitative estimate of drug-likeness (QED) is 0.733. The lowest BCUT2D eigenvalue weighted by Crippen LogP contribution is -2.15. The van der Waals surface area contributed by atoms with Gasteiger partial charge >= 0.3 is 0 Å². The van der Waals surface area contributed by atoms with Gasteiger partial charge in [0.25, 0.3) is 15.9 Å². The Balaban J connectivity index is 1.72. The Bertz CT molecular complexity index is 960. The molecule has 1 aromatic carbocycles. The first-order chi connectivity index (χ1) is 12.0. The topological polar surface area (TPSA) is 101 Å². The van der Waals surface area contributed by atoms with Gasteiger partial charge in [-0.2, -0.15) is 0 Å². The van der Waals surface area contributed by atoms with Gasteiger partial charge in [-0.05, 0) is 48.5 Å². The van der Waals surface area contributed by atoms with E-state index in [4.69, 9.17) is 0 Å². The maximum absolute atomic E-state index is 12.3. The van der Waals surface area contributed by atoms with Gasteiger partial charge in [-0.1, -0.05) is 12.1 Å². The Hall–Kier alpha value is -3.26. The van der Waals surface area contributed by atoms with Crippen LogP contribution >= 0.6 is 0 Å². The molecule has 0 spiro atoms. The van der Waals surface area contributed by atoms with Gasteiger partial charge in [-0.3, -0.25) is 14.5 Å². The lowest BCUT2D eigenvalue weighted by atomic mass is 10.3. The van der Waals surface area contributed by atoms with Crippen LogP contribution in [0.15, 0.2) is 78.0 Å². The highest BCUT2D eigenvalue weighted by atomic mass is 32.2. The summed E-state index contributed by atoms with van der Waals surface area (Å²) in [4.78, 5) is 20.0. The Morgan fingerprint density at radius 2 is 1.52 bits per heavy atom. The fourth-order valence-corrected chi connectivity index (χ4v) is 3.04. The minimum Gasteiger partial charge on any atom is -0.321 e. The second-order valence-corrected chi connectivity index (χ2v) is 6.70. The van der Waals surface area contributed by atoms with Crippen LogP contribution in [0.4, 0.5) is 11.5 Å². The summed E-state index contributed by atoms with van der Waals surface area (Å²) < 4.78 is 27.0. The van der Waals surface area contributed by atoms with Crippen LogP contribution < -0.4 is 10.0 Å². The van der Waals surface area contributed by atoms with Crippen LogP contribution in [0.2, 0.25) is 0 Å². The van der Waals surface area contributed by atoms with Crippen LogP contribution in [0.25, 0.3) is 0 Å². The van der Waals surface area contributed by atoms with Crippen molar-refractivity contribution in [1.29, 1.82) is 0 Å². The van der Waals surface area contributed by atoms with Crippen molar-refractivity contribution < 1.29 is 13.2 Å². The molecule has 0 aliphatic carbocycles. The molecule has 7 nitrogen and oxygen atoms in total. The third-order valence-corrected chi connectivity index (χ3v) is 4.59. The van der Waals surface area contributed by atoms with E-state index in [1.165, 1.54) is 36.7 Å².